The summed E-state index contributed by atoms with van der Waals surface area (Å²) >= 11 is 0. The number of hydrogen-bond acceptors (Lipinski definition) is 3. The first-order chi connectivity index (χ1) is 5.20. The largest absolute Gasteiger partial charge is 0.480 e. The summed E-state index contributed by atoms with van der Waals surface area (Å²) in [5, 5.41) is 9.49. The molecule has 1 aliphatic heterocycles. The number of nitrogens with one attached hydrogen (secondary N) is 1. The lowest BCUT2D eigenvalue weighted by Crippen LogP contribution is -2.49. The van der Waals surface area contributed by atoms with Crippen molar-refractivity contribution in [3.05, 3.63) is 0 Å². The predicted molar refractivity (Wildman–Crippen MR) is 36.6 cm³/mol. The molecule has 5 heteroatoms. The Hall–Kier alpha value is -1.10. The van der Waals surface area contributed by atoms with Crippen LogP contribution in [-0.4, -0.2) is 35.1 Å². The molecule has 1 amide bonds. The van der Waals surface area contributed by atoms with Crippen LogP contribution in [0.25, 0.3) is 0 Å². The summed E-state index contributed by atoms with van der Waals surface area (Å²) < 4.78 is 0. The number of carboxylic acids is 1. The average molecular weight is 158 g/mol. The van der Waals surface area contributed by atoms with Gasteiger partial charge < -0.3 is 5.11 Å². The van der Waals surface area contributed by atoms with Gasteiger partial charge in [-0.1, -0.05) is 0 Å². The van der Waals surface area contributed by atoms with Crippen molar-refractivity contribution < 1.29 is 14.7 Å². The quantitative estimate of drug-likeness (QED) is 0.552. The molecule has 0 aromatic carbocycles. The summed E-state index contributed by atoms with van der Waals surface area (Å²) in [4.78, 5) is 21.1. The molecule has 1 aliphatic rings. The van der Waals surface area contributed by atoms with Crippen LogP contribution < -0.4 is 5.43 Å². The van der Waals surface area contributed by atoms with E-state index >= 15 is 0 Å². The minimum atomic E-state index is -0.993. The highest BCUT2D eigenvalue weighted by Gasteiger charge is 2.19. The van der Waals surface area contributed by atoms with E-state index in [1.54, 1.807) is 0 Å². The molecule has 0 atom stereocenters. The van der Waals surface area contributed by atoms with E-state index in [0.29, 0.717) is 13.0 Å². The molecule has 11 heavy (non-hydrogen) atoms. The maximum absolute atomic E-state index is 10.9. The van der Waals surface area contributed by atoms with E-state index < -0.39 is 5.97 Å². The van der Waals surface area contributed by atoms with E-state index in [1.165, 1.54) is 0 Å². The van der Waals surface area contributed by atoms with Crippen LogP contribution in [0.5, 0.6) is 0 Å². The van der Waals surface area contributed by atoms with Crippen molar-refractivity contribution in [1.29, 1.82) is 0 Å². The summed E-state index contributed by atoms with van der Waals surface area (Å²) in [6, 6.07) is 0. The Morgan fingerprint density at radius 3 is 3.00 bits per heavy atom. The molecular formula is C6H10N2O3. The lowest BCUT2D eigenvalue weighted by molar-refractivity contribution is -0.148. The first kappa shape index (κ1) is 8.00. The highest BCUT2D eigenvalue weighted by molar-refractivity contribution is 5.81. The van der Waals surface area contributed by atoms with Gasteiger partial charge >= 0.3 is 5.97 Å². The van der Waals surface area contributed by atoms with E-state index in [1.807, 2.05) is 0 Å². The van der Waals surface area contributed by atoms with Crippen molar-refractivity contribution in [2.24, 2.45) is 0 Å². The molecule has 0 aliphatic carbocycles. The predicted octanol–water partition coefficient (Wildman–Crippen LogP) is -0.802. The van der Waals surface area contributed by atoms with E-state index in [9.17, 15) is 9.59 Å². The zero-order valence-corrected chi connectivity index (χ0v) is 6.04. The summed E-state index contributed by atoms with van der Waals surface area (Å²) in [5.74, 6) is -1.13. The van der Waals surface area contributed by atoms with Crippen molar-refractivity contribution in [2.45, 2.75) is 12.8 Å². The van der Waals surface area contributed by atoms with Crippen molar-refractivity contribution >= 4 is 11.9 Å². The van der Waals surface area contributed by atoms with Crippen LogP contribution in [0.4, 0.5) is 0 Å². The lowest BCUT2D eigenvalue weighted by Gasteiger charge is -2.25. The number of carbonyl (C=O) groups excluding carboxylic acids is 1. The number of hydrogen-bond donors (Lipinski definition) is 2. The first-order valence-electron chi connectivity index (χ1n) is 3.46. The average Bonchev–Trinajstić information content (AvgIpc) is 1.93. The van der Waals surface area contributed by atoms with Gasteiger partial charge in [-0.15, -0.1) is 0 Å². The number of hydrazine groups is 1. The van der Waals surface area contributed by atoms with Crippen LogP contribution in [0, 0.1) is 0 Å². The Bertz CT molecular complexity index is 181. The summed E-state index contributed by atoms with van der Waals surface area (Å²) in [7, 11) is 0. The standard InChI is InChI=1S/C6H10N2O3/c9-5-2-1-3-7-8(5)4-6(10)11/h7H,1-4H2,(H,10,11). The molecule has 0 aromatic heterocycles. The van der Waals surface area contributed by atoms with Gasteiger partial charge in [-0.3, -0.25) is 14.6 Å². The molecule has 0 spiro atoms. The smallest absolute Gasteiger partial charge is 0.324 e. The molecule has 1 rings (SSSR count). The highest BCUT2D eigenvalue weighted by Crippen LogP contribution is 2.00. The van der Waals surface area contributed by atoms with Crippen LogP contribution in [0.15, 0.2) is 0 Å². The second-order valence-electron chi connectivity index (χ2n) is 2.39. The molecule has 2 N–H and O–H groups in total. The number of carbonyl (C=O) groups is 2. The normalized spacial score (nSPS) is 18.5. The topological polar surface area (TPSA) is 69.6 Å². The second kappa shape index (κ2) is 3.34. The summed E-state index contributed by atoms with van der Waals surface area (Å²) in [6.45, 7) is 0.428. The van der Waals surface area contributed by atoms with Crippen molar-refractivity contribution in [3.63, 3.8) is 0 Å². The summed E-state index contributed by atoms with van der Waals surface area (Å²) in [6.07, 6.45) is 1.23. The third kappa shape index (κ3) is 2.19. The fourth-order valence-corrected chi connectivity index (χ4v) is 0.956. The first-order valence-corrected chi connectivity index (χ1v) is 3.46. The fourth-order valence-electron chi connectivity index (χ4n) is 0.956. The van der Waals surface area contributed by atoms with Crippen molar-refractivity contribution in [1.82, 2.24) is 10.4 Å². The molecule has 0 bridgehead atoms. The number of rotatable bonds is 2. The van der Waals surface area contributed by atoms with Gasteiger partial charge in [0.25, 0.3) is 0 Å². The van der Waals surface area contributed by atoms with E-state index in [0.717, 1.165) is 11.4 Å². The van der Waals surface area contributed by atoms with Crippen LogP contribution in [-0.2, 0) is 9.59 Å². The second-order valence-corrected chi connectivity index (χ2v) is 2.39. The van der Waals surface area contributed by atoms with Crippen LogP contribution in [0.2, 0.25) is 0 Å². The molecule has 0 radical (unpaired) electrons. The molecule has 0 saturated carbocycles. The molecule has 1 fully saturated rings. The van der Waals surface area contributed by atoms with Gasteiger partial charge in [0, 0.05) is 13.0 Å². The van der Waals surface area contributed by atoms with Crippen LogP contribution >= 0.6 is 0 Å². The van der Waals surface area contributed by atoms with Gasteiger partial charge in [-0.25, -0.2) is 5.43 Å². The number of aliphatic carboxylic acids is 1. The van der Waals surface area contributed by atoms with E-state index in [-0.39, 0.29) is 12.5 Å². The Balaban J connectivity index is 2.42. The Labute approximate surface area is 64.0 Å². The Morgan fingerprint density at radius 1 is 1.73 bits per heavy atom. The van der Waals surface area contributed by atoms with Crippen molar-refractivity contribution in [2.75, 3.05) is 13.1 Å². The molecule has 1 saturated heterocycles. The number of nitrogens with zero attached hydrogens (tertiary/aromatic N) is 1. The monoisotopic (exact) mass is 158 g/mol. The third-order valence-electron chi connectivity index (χ3n) is 1.46. The zero-order chi connectivity index (χ0) is 8.27. The minimum absolute atomic E-state index is 0.140. The third-order valence-corrected chi connectivity index (χ3v) is 1.46. The summed E-state index contributed by atoms with van der Waals surface area (Å²) in [5.41, 5.74) is 2.70. The van der Waals surface area contributed by atoms with E-state index in [4.69, 9.17) is 5.11 Å². The van der Waals surface area contributed by atoms with Gasteiger partial charge in [0.15, 0.2) is 0 Å². The zero-order valence-electron chi connectivity index (χ0n) is 6.04. The molecule has 0 aromatic rings. The van der Waals surface area contributed by atoms with Crippen LogP contribution in [0.1, 0.15) is 12.8 Å². The van der Waals surface area contributed by atoms with E-state index in [2.05, 4.69) is 5.43 Å². The Morgan fingerprint density at radius 2 is 2.45 bits per heavy atom. The van der Waals surface area contributed by atoms with Gasteiger partial charge in [0.1, 0.15) is 6.54 Å². The van der Waals surface area contributed by atoms with Crippen molar-refractivity contribution in [3.8, 4) is 0 Å². The Kier molecular flexibility index (Phi) is 2.43. The molecule has 62 valence electrons. The highest BCUT2D eigenvalue weighted by atomic mass is 16.4. The molecular weight excluding hydrogens is 148 g/mol. The maximum Gasteiger partial charge on any atom is 0.324 e. The van der Waals surface area contributed by atoms with Crippen LogP contribution in [0.3, 0.4) is 0 Å². The maximum atomic E-state index is 10.9. The molecule has 5 nitrogen and oxygen atoms in total. The van der Waals surface area contributed by atoms with Gasteiger partial charge in [0.2, 0.25) is 5.91 Å². The molecule has 1 heterocycles. The number of amides is 1. The van der Waals surface area contributed by atoms with Gasteiger partial charge in [-0.2, -0.15) is 0 Å². The lowest BCUT2D eigenvalue weighted by atomic mass is 10.2. The van der Waals surface area contributed by atoms with Gasteiger partial charge in [0.05, 0.1) is 0 Å². The van der Waals surface area contributed by atoms with Gasteiger partial charge in [-0.05, 0) is 6.42 Å². The fraction of sp³-hybridized carbons (Fsp3) is 0.667. The molecule has 0 unspecified atom stereocenters. The number of carboxylic acid groups (broad SMARTS) is 1. The minimum Gasteiger partial charge on any atom is -0.480 e. The SMILES string of the molecule is O=C(O)CN1NCCCC1=O.